The molecule has 1 amide bonds. The third-order valence-corrected chi connectivity index (χ3v) is 3.31. The van der Waals surface area contributed by atoms with Gasteiger partial charge < -0.3 is 15.2 Å². The predicted octanol–water partition coefficient (Wildman–Crippen LogP) is 1.97. The van der Waals surface area contributed by atoms with Gasteiger partial charge in [-0.25, -0.2) is 9.78 Å². The van der Waals surface area contributed by atoms with E-state index in [9.17, 15) is 9.59 Å². The van der Waals surface area contributed by atoms with Crippen LogP contribution in [0.3, 0.4) is 0 Å². The molecule has 1 aromatic heterocycles. The molecule has 6 nitrogen and oxygen atoms in total. The minimum absolute atomic E-state index is 0.0430. The van der Waals surface area contributed by atoms with Crippen molar-refractivity contribution in [2.24, 2.45) is 0 Å². The lowest BCUT2D eigenvalue weighted by Crippen LogP contribution is -2.38. The van der Waals surface area contributed by atoms with Gasteiger partial charge in [-0.15, -0.1) is 11.3 Å². The fourth-order valence-electron chi connectivity index (χ4n) is 1.07. The van der Waals surface area contributed by atoms with E-state index in [1.165, 1.54) is 18.3 Å². The quantitative estimate of drug-likeness (QED) is 0.855. The number of carbonyl (C=O) groups excluding carboxylic acids is 1. The summed E-state index contributed by atoms with van der Waals surface area (Å²) in [6, 6.07) is -0.973. The smallest absolute Gasteiger partial charge is 0.408 e. The molecular weight excluding hydrogens is 256 g/mol. The maximum Gasteiger partial charge on any atom is 0.408 e. The lowest BCUT2D eigenvalue weighted by molar-refractivity contribution is -0.138. The van der Waals surface area contributed by atoms with Crippen LogP contribution < -0.4 is 5.32 Å². The molecule has 0 saturated heterocycles. The van der Waals surface area contributed by atoms with Crippen molar-refractivity contribution in [2.45, 2.75) is 39.3 Å². The van der Waals surface area contributed by atoms with Crippen LogP contribution >= 0.6 is 11.3 Å². The molecule has 18 heavy (non-hydrogen) atoms. The van der Waals surface area contributed by atoms with E-state index in [1.54, 1.807) is 0 Å². The number of alkyl carbamates (subject to hydrolysis) is 1. The Bertz CT molecular complexity index is 430. The van der Waals surface area contributed by atoms with Crippen LogP contribution in [0.4, 0.5) is 4.79 Å². The molecule has 0 fully saturated rings. The van der Waals surface area contributed by atoms with Gasteiger partial charge >= 0.3 is 12.1 Å². The largest absolute Gasteiger partial charge is 0.480 e. The van der Waals surface area contributed by atoms with E-state index < -0.39 is 18.1 Å². The number of amides is 1. The summed E-state index contributed by atoms with van der Waals surface area (Å²) in [4.78, 5) is 26.1. The molecule has 0 saturated carbocycles. The molecule has 1 rings (SSSR count). The SMILES string of the molecule is CC(C)c1nc(COC(=O)N[C@H](C)C(=O)O)cs1. The fourth-order valence-corrected chi connectivity index (χ4v) is 1.89. The van der Waals surface area contributed by atoms with E-state index >= 15 is 0 Å². The molecule has 7 heteroatoms. The molecule has 2 N–H and O–H groups in total. The topological polar surface area (TPSA) is 88.5 Å². The average molecular weight is 272 g/mol. The third kappa shape index (κ3) is 4.33. The molecule has 0 spiro atoms. The lowest BCUT2D eigenvalue weighted by Gasteiger charge is -2.08. The molecule has 0 aromatic carbocycles. The minimum atomic E-state index is -1.11. The normalized spacial score (nSPS) is 12.2. The Morgan fingerprint density at radius 2 is 2.17 bits per heavy atom. The Morgan fingerprint density at radius 3 is 2.67 bits per heavy atom. The second-order valence-corrected chi connectivity index (χ2v) is 5.00. The van der Waals surface area contributed by atoms with Crippen molar-refractivity contribution in [2.75, 3.05) is 0 Å². The molecule has 0 aliphatic rings. The molecule has 0 aliphatic heterocycles. The molecule has 0 radical (unpaired) electrons. The first-order chi connectivity index (χ1) is 8.40. The Labute approximate surface area is 109 Å². The van der Waals surface area contributed by atoms with Gasteiger partial charge in [-0.05, 0) is 6.92 Å². The number of nitrogens with zero attached hydrogens (tertiary/aromatic N) is 1. The van der Waals surface area contributed by atoms with Crippen molar-refractivity contribution in [1.82, 2.24) is 10.3 Å². The van der Waals surface area contributed by atoms with Crippen LogP contribution in [0.15, 0.2) is 5.38 Å². The van der Waals surface area contributed by atoms with Crippen LogP contribution in [0.5, 0.6) is 0 Å². The zero-order valence-electron chi connectivity index (χ0n) is 10.5. The van der Waals surface area contributed by atoms with Gasteiger partial charge in [0, 0.05) is 11.3 Å². The number of aromatic nitrogens is 1. The summed E-state index contributed by atoms with van der Waals surface area (Å²) in [5, 5.41) is 13.6. The summed E-state index contributed by atoms with van der Waals surface area (Å²) < 4.78 is 4.87. The Morgan fingerprint density at radius 1 is 1.50 bits per heavy atom. The van der Waals surface area contributed by atoms with Gasteiger partial charge in [0.1, 0.15) is 12.6 Å². The summed E-state index contributed by atoms with van der Waals surface area (Å²) in [5.74, 6) is -0.771. The molecule has 0 bridgehead atoms. The maximum atomic E-state index is 11.3. The highest BCUT2D eigenvalue weighted by Crippen LogP contribution is 2.19. The van der Waals surface area contributed by atoms with E-state index in [0.717, 1.165) is 5.01 Å². The van der Waals surface area contributed by atoms with E-state index in [0.29, 0.717) is 11.6 Å². The highest BCUT2D eigenvalue weighted by molar-refractivity contribution is 7.09. The standard InChI is InChI=1S/C11H16N2O4S/c1-6(2)9-13-8(5-18-9)4-17-11(16)12-7(3)10(14)15/h5-7H,4H2,1-3H3,(H,12,16)(H,14,15)/t7-/m1/s1. The number of aliphatic carboxylic acids is 1. The van der Waals surface area contributed by atoms with E-state index in [4.69, 9.17) is 9.84 Å². The maximum absolute atomic E-state index is 11.3. The van der Waals surface area contributed by atoms with Gasteiger partial charge in [0.25, 0.3) is 0 Å². The van der Waals surface area contributed by atoms with Gasteiger partial charge in [0.2, 0.25) is 0 Å². The molecule has 1 heterocycles. The van der Waals surface area contributed by atoms with Gasteiger partial charge in [0.05, 0.1) is 10.7 Å². The first-order valence-electron chi connectivity index (χ1n) is 5.50. The predicted molar refractivity (Wildman–Crippen MR) is 66.6 cm³/mol. The van der Waals surface area contributed by atoms with Gasteiger partial charge in [0.15, 0.2) is 0 Å². The second kappa shape index (κ2) is 6.34. The van der Waals surface area contributed by atoms with Crippen LogP contribution in [0.1, 0.15) is 37.4 Å². The Hall–Kier alpha value is -1.63. The molecule has 1 aromatic rings. The van der Waals surface area contributed by atoms with Crippen molar-refractivity contribution in [1.29, 1.82) is 0 Å². The molecule has 0 unspecified atom stereocenters. The molecule has 100 valence electrons. The number of hydrogen-bond donors (Lipinski definition) is 2. The first-order valence-corrected chi connectivity index (χ1v) is 6.38. The summed E-state index contributed by atoms with van der Waals surface area (Å²) in [5.41, 5.74) is 0.668. The van der Waals surface area contributed by atoms with Crippen molar-refractivity contribution in [3.63, 3.8) is 0 Å². The third-order valence-electron chi connectivity index (χ3n) is 2.12. The summed E-state index contributed by atoms with van der Waals surface area (Å²) in [6.45, 7) is 5.47. The lowest BCUT2D eigenvalue weighted by atomic mass is 10.2. The molecular formula is C11H16N2O4S. The van der Waals surface area contributed by atoms with Crippen molar-refractivity contribution in [3.05, 3.63) is 16.1 Å². The summed E-state index contributed by atoms with van der Waals surface area (Å²) in [7, 11) is 0. The highest BCUT2D eigenvalue weighted by Gasteiger charge is 2.15. The molecule has 0 aliphatic carbocycles. The second-order valence-electron chi connectivity index (χ2n) is 4.11. The van der Waals surface area contributed by atoms with Crippen LogP contribution in [0.25, 0.3) is 0 Å². The minimum Gasteiger partial charge on any atom is -0.480 e. The Balaban J connectivity index is 2.40. The van der Waals surface area contributed by atoms with E-state index in [2.05, 4.69) is 10.3 Å². The van der Waals surface area contributed by atoms with Gasteiger partial charge in [-0.3, -0.25) is 4.79 Å². The number of hydrogen-bond acceptors (Lipinski definition) is 5. The number of carbonyl (C=O) groups is 2. The highest BCUT2D eigenvalue weighted by atomic mass is 32.1. The van der Waals surface area contributed by atoms with E-state index in [1.807, 2.05) is 19.2 Å². The zero-order chi connectivity index (χ0) is 13.7. The zero-order valence-corrected chi connectivity index (χ0v) is 11.3. The fraction of sp³-hybridized carbons (Fsp3) is 0.545. The van der Waals surface area contributed by atoms with Crippen molar-refractivity contribution < 1.29 is 19.4 Å². The summed E-state index contributed by atoms with van der Waals surface area (Å²) >= 11 is 1.51. The van der Waals surface area contributed by atoms with Crippen molar-refractivity contribution >= 4 is 23.4 Å². The van der Waals surface area contributed by atoms with Gasteiger partial charge in [-0.2, -0.15) is 0 Å². The summed E-state index contributed by atoms with van der Waals surface area (Å²) in [6.07, 6.45) is -0.760. The number of nitrogens with one attached hydrogen (secondary N) is 1. The van der Waals surface area contributed by atoms with E-state index in [-0.39, 0.29) is 6.61 Å². The number of carboxylic acids is 1. The monoisotopic (exact) mass is 272 g/mol. The van der Waals surface area contributed by atoms with Crippen LogP contribution in [0.2, 0.25) is 0 Å². The number of carboxylic acid groups (broad SMARTS) is 1. The Kier molecular flexibility index (Phi) is 5.08. The number of ether oxygens (including phenoxy) is 1. The first kappa shape index (κ1) is 14.4. The van der Waals surface area contributed by atoms with Crippen molar-refractivity contribution in [3.8, 4) is 0 Å². The van der Waals surface area contributed by atoms with Crippen LogP contribution in [-0.4, -0.2) is 28.2 Å². The van der Waals surface area contributed by atoms with Crippen LogP contribution in [0, 0.1) is 0 Å². The molecule has 1 atom stereocenters. The number of rotatable bonds is 5. The van der Waals surface area contributed by atoms with Gasteiger partial charge in [-0.1, -0.05) is 13.8 Å². The average Bonchev–Trinajstić information content (AvgIpc) is 2.74. The van der Waals surface area contributed by atoms with Crippen LogP contribution in [-0.2, 0) is 16.1 Å². The number of thiazole rings is 1.